The van der Waals surface area contributed by atoms with Crippen molar-refractivity contribution in [2.75, 3.05) is 14.2 Å². The van der Waals surface area contributed by atoms with Gasteiger partial charge in [0.05, 0.1) is 20.1 Å². The van der Waals surface area contributed by atoms with Crippen molar-refractivity contribution in [3.05, 3.63) is 12.2 Å². The average molecular weight is 200 g/mol. The first-order valence-corrected chi connectivity index (χ1v) is 4.40. The van der Waals surface area contributed by atoms with E-state index in [1.165, 1.54) is 14.2 Å². The molecule has 0 N–H and O–H groups in total. The van der Waals surface area contributed by atoms with Crippen molar-refractivity contribution >= 4 is 11.9 Å². The van der Waals surface area contributed by atoms with E-state index in [1.54, 1.807) is 0 Å². The van der Waals surface area contributed by atoms with Gasteiger partial charge in [-0.05, 0) is 12.8 Å². The zero-order valence-corrected chi connectivity index (χ0v) is 8.83. The minimum atomic E-state index is -0.479. The molecule has 0 spiro atoms. The first-order valence-electron chi connectivity index (χ1n) is 4.40. The van der Waals surface area contributed by atoms with E-state index < -0.39 is 5.97 Å². The number of methoxy groups -OCH3 is 2. The Kier molecular flexibility index (Phi) is 5.60. The summed E-state index contributed by atoms with van der Waals surface area (Å²) in [6, 6.07) is 0. The molecule has 1 unspecified atom stereocenters. The third-order valence-corrected chi connectivity index (χ3v) is 1.99. The lowest BCUT2D eigenvalue weighted by Gasteiger charge is -2.12. The molecule has 0 aliphatic heterocycles. The Balaban J connectivity index is 4.25. The van der Waals surface area contributed by atoms with Crippen LogP contribution in [0.1, 0.15) is 19.8 Å². The van der Waals surface area contributed by atoms with Crippen LogP contribution in [0.25, 0.3) is 0 Å². The van der Waals surface area contributed by atoms with Crippen LogP contribution in [-0.2, 0) is 19.1 Å². The molecule has 0 aromatic rings. The van der Waals surface area contributed by atoms with E-state index >= 15 is 0 Å². The van der Waals surface area contributed by atoms with Crippen LogP contribution in [0.3, 0.4) is 0 Å². The maximum Gasteiger partial charge on any atom is 0.333 e. The van der Waals surface area contributed by atoms with E-state index in [2.05, 4.69) is 16.1 Å². The second-order valence-electron chi connectivity index (χ2n) is 2.93. The quantitative estimate of drug-likeness (QED) is 0.496. The van der Waals surface area contributed by atoms with Gasteiger partial charge in [-0.15, -0.1) is 0 Å². The molecule has 1 atom stereocenters. The van der Waals surface area contributed by atoms with E-state index in [-0.39, 0.29) is 18.3 Å². The fourth-order valence-electron chi connectivity index (χ4n) is 1.09. The molecule has 0 amide bonds. The molecular formula is C10H16O4. The van der Waals surface area contributed by atoms with Crippen LogP contribution in [0, 0.1) is 5.92 Å². The van der Waals surface area contributed by atoms with E-state index in [0.717, 1.165) is 0 Å². The van der Waals surface area contributed by atoms with Crippen molar-refractivity contribution in [2.24, 2.45) is 5.92 Å². The summed E-state index contributed by atoms with van der Waals surface area (Å²) in [4.78, 5) is 22.2. The molecular weight excluding hydrogens is 184 g/mol. The Morgan fingerprint density at radius 3 is 2.21 bits per heavy atom. The molecule has 14 heavy (non-hydrogen) atoms. The Morgan fingerprint density at radius 1 is 1.29 bits per heavy atom. The Bertz CT molecular complexity index is 232. The fourth-order valence-corrected chi connectivity index (χ4v) is 1.09. The van der Waals surface area contributed by atoms with Gasteiger partial charge in [0, 0.05) is 5.57 Å². The Hall–Kier alpha value is -1.32. The molecule has 0 radical (unpaired) electrons. The molecule has 0 aliphatic carbocycles. The Labute approximate surface area is 83.9 Å². The summed E-state index contributed by atoms with van der Waals surface area (Å²) in [5, 5.41) is 0. The maximum atomic E-state index is 11.2. The van der Waals surface area contributed by atoms with Gasteiger partial charge in [-0.2, -0.15) is 0 Å². The zero-order valence-electron chi connectivity index (χ0n) is 8.83. The van der Waals surface area contributed by atoms with Gasteiger partial charge in [0.2, 0.25) is 0 Å². The number of carbonyl (C=O) groups is 2. The van der Waals surface area contributed by atoms with Crippen molar-refractivity contribution < 1.29 is 19.1 Å². The molecule has 0 bridgehead atoms. The molecule has 0 heterocycles. The summed E-state index contributed by atoms with van der Waals surface area (Å²) in [5.41, 5.74) is 0.296. The molecule has 0 aromatic heterocycles. The normalized spacial score (nSPS) is 11.6. The molecule has 0 fully saturated rings. The summed E-state index contributed by atoms with van der Waals surface area (Å²) in [6.45, 7) is 5.40. The zero-order chi connectivity index (χ0) is 11.1. The first kappa shape index (κ1) is 12.7. The SMILES string of the molecule is C=C(CC(CC)C(=O)OC)C(=O)OC. The van der Waals surface area contributed by atoms with Crippen LogP contribution in [-0.4, -0.2) is 26.2 Å². The summed E-state index contributed by atoms with van der Waals surface area (Å²) < 4.78 is 9.07. The van der Waals surface area contributed by atoms with Crippen molar-refractivity contribution in [1.82, 2.24) is 0 Å². The lowest BCUT2D eigenvalue weighted by Crippen LogP contribution is -2.18. The van der Waals surface area contributed by atoms with Gasteiger partial charge in [0.1, 0.15) is 0 Å². The number of ether oxygens (including phenoxy) is 2. The van der Waals surface area contributed by atoms with E-state index in [9.17, 15) is 9.59 Å². The molecule has 4 heteroatoms. The summed E-state index contributed by atoms with van der Waals surface area (Å²) in [7, 11) is 2.61. The second-order valence-corrected chi connectivity index (χ2v) is 2.93. The van der Waals surface area contributed by atoms with Crippen molar-refractivity contribution in [1.29, 1.82) is 0 Å². The molecule has 0 aliphatic rings. The predicted molar refractivity (Wildman–Crippen MR) is 51.6 cm³/mol. The third-order valence-electron chi connectivity index (χ3n) is 1.99. The smallest absolute Gasteiger partial charge is 0.333 e. The molecule has 4 nitrogen and oxygen atoms in total. The van der Waals surface area contributed by atoms with Crippen molar-refractivity contribution in [2.45, 2.75) is 19.8 Å². The van der Waals surface area contributed by atoms with Gasteiger partial charge in [-0.25, -0.2) is 4.79 Å². The van der Waals surface area contributed by atoms with Crippen LogP contribution in [0.15, 0.2) is 12.2 Å². The highest BCUT2D eigenvalue weighted by molar-refractivity contribution is 5.88. The van der Waals surface area contributed by atoms with Gasteiger partial charge in [-0.3, -0.25) is 4.79 Å². The van der Waals surface area contributed by atoms with Crippen LogP contribution in [0.4, 0.5) is 0 Å². The number of carbonyl (C=O) groups excluding carboxylic acids is 2. The number of hydrogen-bond acceptors (Lipinski definition) is 4. The first-order chi connectivity index (χ1) is 6.56. The minimum absolute atomic E-state index is 0.288. The molecule has 0 aromatic carbocycles. The summed E-state index contributed by atoms with van der Waals surface area (Å²) in [5.74, 6) is -1.11. The molecule has 0 saturated carbocycles. The van der Waals surface area contributed by atoms with E-state index in [0.29, 0.717) is 12.0 Å². The average Bonchev–Trinajstić information content (AvgIpc) is 2.22. The number of rotatable bonds is 5. The van der Waals surface area contributed by atoms with Crippen molar-refractivity contribution in [3.63, 3.8) is 0 Å². The molecule has 0 rings (SSSR count). The van der Waals surface area contributed by atoms with Crippen LogP contribution in [0.2, 0.25) is 0 Å². The van der Waals surface area contributed by atoms with E-state index in [4.69, 9.17) is 0 Å². The largest absolute Gasteiger partial charge is 0.469 e. The van der Waals surface area contributed by atoms with Gasteiger partial charge < -0.3 is 9.47 Å². The highest BCUT2D eigenvalue weighted by Gasteiger charge is 2.20. The monoisotopic (exact) mass is 200 g/mol. The number of esters is 2. The van der Waals surface area contributed by atoms with Gasteiger partial charge in [-0.1, -0.05) is 13.5 Å². The van der Waals surface area contributed by atoms with Crippen LogP contribution >= 0.6 is 0 Å². The summed E-state index contributed by atoms with van der Waals surface area (Å²) in [6.07, 6.45) is 0.901. The third kappa shape index (κ3) is 3.60. The van der Waals surface area contributed by atoms with Crippen LogP contribution in [0.5, 0.6) is 0 Å². The summed E-state index contributed by atoms with van der Waals surface area (Å²) >= 11 is 0. The number of hydrogen-bond donors (Lipinski definition) is 0. The van der Waals surface area contributed by atoms with Gasteiger partial charge in [0.25, 0.3) is 0 Å². The molecule has 80 valence electrons. The topological polar surface area (TPSA) is 52.6 Å². The fraction of sp³-hybridized carbons (Fsp3) is 0.600. The molecule has 0 saturated heterocycles. The maximum absolute atomic E-state index is 11.2. The van der Waals surface area contributed by atoms with Gasteiger partial charge >= 0.3 is 11.9 Å². The van der Waals surface area contributed by atoms with Gasteiger partial charge in [0.15, 0.2) is 0 Å². The van der Waals surface area contributed by atoms with Crippen LogP contribution < -0.4 is 0 Å². The second kappa shape index (κ2) is 6.18. The van der Waals surface area contributed by atoms with Crippen molar-refractivity contribution in [3.8, 4) is 0 Å². The standard InChI is InChI=1S/C10H16O4/c1-5-8(10(12)14-4)6-7(2)9(11)13-3/h8H,2,5-6H2,1,3-4H3. The van der Waals surface area contributed by atoms with E-state index in [1.807, 2.05) is 6.92 Å². The lowest BCUT2D eigenvalue weighted by molar-refractivity contribution is -0.145. The minimum Gasteiger partial charge on any atom is -0.469 e. The lowest BCUT2D eigenvalue weighted by atomic mass is 9.98. The highest BCUT2D eigenvalue weighted by Crippen LogP contribution is 2.16. The highest BCUT2D eigenvalue weighted by atomic mass is 16.5. The predicted octanol–water partition coefficient (Wildman–Crippen LogP) is 1.30. The Morgan fingerprint density at radius 2 is 1.86 bits per heavy atom.